The van der Waals surface area contributed by atoms with Crippen LogP contribution >= 0.6 is 0 Å². The van der Waals surface area contributed by atoms with Crippen molar-refractivity contribution in [3.63, 3.8) is 0 Å². The lowest BCUT2D eigenvalue weighted by molar-refractivity contribution is 0.325. The topological polar surface area (TPSA) is 47.0 Å². The number of anilines is 1. The number of hydrogen-bond donors (Lipinski definition) is 1. The van der Waals surface area contributed by atoms with Crippen molar-refractivity contribution in [1.82, 2.24) is 9.97 Å². The molecule has 110 valence electrons. The maximum Gasteiger partial charge on any atom is 0.218 e. The van der Waals surface area contributed by atoms with Gasteiger partial charge in [-0.1, -0.05) is 25.7 Å². The third-order valence-corrected chi connectivity index (χ3v) is 4.16. The van der Waals surface area contributed by atoms with Gasteiger partial charge in [0.05, 0.1) is 6.61 Å². The van der Waals surface area contributed by atoms with E-state index in [9.17, 15) is 0 Å². The van der Waals surface area contributed by atoms with E-state index in [1.807, 2.05) is 13.0 Å². The van der Waals surface area contributed by atoms with Crippen LogP contribution in [0.1, 0.15) is 70.0 Å². The fourth-order valence-corrected chi connectivity index (χ4v) is 2.90. The molecule has 2 aliphatic carbocycles. The zero-order chi connectivity index (χ0) is 13.8. The number of hydrogen-bond acceptors (Lipinski definition) is 4. The third kappa shape index (κ3) is 3.62. The van der Waals surface area contributed by atoms with Crippen molar-refractivity contribution in [2.75, 3.05) is 11.9 Å². The fourth-order valence-electron chi connectivity index (χ4n) is 2.90. The minimum absolute atomic E-state index is 0.560. The van der Waals surface area contributed by atoms with Crippen LogP contribution in [0.4, 0.5) is 5.82 Å². The van der Waals surface area contributed by atoms with Gasteiger partial charge in [-0.05, 0) is 32.6 Å². The lowest BCUT2D eigenvalue weighted by atomic mass is 10.1. The van der Waals surface area contributed by atoms with Crippen LogP contribution < -0.4 is 10.1 Å². The molecule has 4 nitrogen and oxygen atoms in total. The molecule has 0 spiro atoms. The summed E-state index contributed by atoms with van der Waals surface area (Å²) in [5, 5.41) is 3.61. The van der Waals surface area contributed by atoms with E-state index in [0.29, 0.717) is 18.6 Å². The van der Waals surface area contributed by atoms with Crippen molar-refractivity contribution in [3.8, 4) is 5.88 Å². The van der Waals surface area contributed by atoms with E-state index in [1.54, 1.807) is 0 Å². The molecule has 0 saturated heterocycles. The maximum absolute atomic E-state index is 5.59. The molecule has 2 aliphatic rings. The monoisotopic (exact) mass is 275 g/mol. The molecule has 0 atom stereocenters. The van der Waals surface area contributed by atoms with Crippen LogP contribution in [0.25, 0.3) is 0 Å². The first-order valence-corrected chi connectivity index (χ1v) is 8.13. The van der Waals surface area contributed by atoms with Crippen LogP contribution in [0.2, 0.25) is 0 Å². The molecule has 2 fully saturated rings. The summed E-state index contributed by atoms with van der Waals surface area (Å²) in [6.45, 7) is 2.65. The average molecular weight is 275 g/mol. The van der Waals surface area contributed by atoms with E-state index in [-0.39, 0.29) is 0 Å². The Morgan fingerprint density at radius 2 is 1.85 bits per heavy atom. The Kier molecular flexibility index (Phi) is 4.38. The summed E-state index contributed by atoms with van der Waals surface area (Å²) < 4.78 is 5.59. The summed E-state index contributed by atoms with van der Waals surface area (Å²) in [6.07, 6.45) is 10.4. The lowest BCUT2D eigenvalue weighted by Crippen LogP contribution is -2.19. The van der Waals surface area contributed by atoms with Crippen molar-refractivity contribution in [2.45, 2.75) is 70.3 Å². The van der Waals surface area contributed by atoms with E-state index in [0.717, 1.165) is 17.5 Å². The van der Waals surface area contributed by atoms with Gasteiger partial charge in [0.2, 0.25) is 5.88 Å². The molecule has 0 bridgehead atoms. The molecular formula is C16H25N3O. The summed E-state index contributed by atoms with van der Waals surface area (Å²) in [5.41, 5.74) is 0. The number of nitrogens with one attached hydrogen (secondary N) is 1. The number of ether oxygens (including phenoxy) is 1. The van der Waals surface area contributed by atoms with E-state index < -0.39 is 0 Å². The summed E-state index contributed by atoms with van der Waals surface area (Å²) in [4.78, 5) is 9.22. The normalized spacial score (nSPS) is 20.4. The highest BCUT2D eigenvalue weighted by molar-refractivity contribution is 5.40. The summed E-state index contributed by atoms with van der Waals surface area (Å²) in [7, 11) is 0. The SMILES string of the molecule is CCOc1cc(NC2CCCCCC2)nc(C2CC2)n1. The number of rotatable bonds is 5. The van der Waals surface area contributed by atoms with Crippen molar-refractivity contribution in [2.24, 2.45) is 0 Å². The number of nitrogens with zero attached hydrogens (tertiary/aromatic N) is 2. The number of aromatic nitrogens is 2. The molecule has 0 unspecified atom stereocenters. The molecule has 0 amide bonds. The Bertz CT molecular complexity index is 437. The molecule has 3 rings (SSSR count). The average Bonchev–Trinajstić information content (AvgIpc) is 3.27. The quantitative estimate of drug-likeness (QED) is 0.828. The van der Waals surface area contributed by atoms with Crippen molar-refractivity contribution in [3.05, 3.63) is 11.9 Å². The van der Waals surface area contributed by atoms with E-state index in [1.165, 1.54) is 51.4 Å². The highest BCUT2D eigenvalue weighted by Crippen LogP contribution is 2.39. The van der Waals surface area contributed by atoms with Crippen molar-refractivity contribution in [1.29, 1.82) is 0 Å². The van der Waals surface area contributed by atoms with Gasteiger partial charge in [-0.25, -0.2) is 4.98 Å². The van der Waals surface area contributed by atoms with Crippen LogP contribution in [-0.4, -0.2) is 22.6 Å². The van der Waals surface area contributed by atoms with Crippen LogP contribution in [0.15, 0.2) is 6.07 Å². The highest BCUT2D eigenvalue weighted by Gasteiger charge is 2.28. The molecule has 1 aromatic heterocycles. The second kappa shape index (κ2) is 6.42. The Morgan fingerprint density at radius 3 is 2.50 bits per heavy atom. The molecule has 0 aliphatic heterocycles. The van der Waals surface area contributed by atoms with E-state index in [4.69, 9.17) is 9.72 Å². The van der Waals surface area contributed by atoms with Crippen LogP contribution in [0, 0.1) is 0 Å². The summed E-state index contributed by atoms with van der Waals surface area (Å²) in [5.74, 6) is 3.20. The van der Waals surface area contributed by atoms with Gasteiger partial charge in [-0.15, -0.1) is 0 Å². The zero-order valence-corrected chi connectivity index (χ0v) is 12.4. The highest BCUT2D eigenvalue weighted by atomic mass is 16.5. The van der Waals surface area contributed by atoms with Crippen LogP contribution in [0.3, 0.4) is 0 Å². The van der Waals surface area contributed by atoms with Gasteiger partial charge in [0.25, 0.3) is 0 Å². The lowest BCUT2D eigenvalue weighted by Gasteiger charge is -2.18. The van der Waals surface area contributed by atoms with Gasteiger partial charge in [0.1, 0.15) is 11.6 Å². The first kappa shape index (κ1) is 13.7. The Balaban J connectivity index is 1.72. The van der Waals surface area contributed by atoms with Crippen molar-refractivity contribution < 1.29 is 4.74 Å². The summed E-state index contributed by atoms with van der Waals surface area (Å²) >= 11 is 0. The predicted molar refractivity (Wildman–Crippen MR) is 80.3 cm³/mol. The van der Waals surface area contributed by atoms with Gasteiger partial charge in [-0.3, -0.25) is 0 Å². The Hall–Kier alpha value is -1.32. The van der Waals surface area contributed by atoms with Crippen molar-refractivity contribution >= 4 is 5.82 Å². The molecular weight excluding hydrogens is 250 g/mol. The smallest absolute Gasteiger partial charge is 0.218 e. The Morgan fingerprint density at radius 1 is 1.10 bits per heavy atom. The first-order valence-electron chi connectivity index (χ1n) is 8.13. The molecule has 1 N–H and O–H groups in total. The minimum Gasteiger partial charge on any atom is -0.478 e. The molecule has 2 saturated carbocycles. The fraction of sp³-hybridized carbons (Fsp3) is 0.750. The summed E-state index contributed by atoms with van der Waals surface area (Å²) in [6, 6.07) is 2.52. The van der Waals surface area contributed by atoms with Gasteiger partial charge in [-0.2, -0.15) is 4.98 Å². The minimum atomic E-state index is 0.560. The van der Waals surface area contributed by atoms with Gasteiger partial charge in [0.15, 0.2) is 0 Å². The van der Waals surface area contributed by atoms with E-state index in [2.05, 4.69) is 10.3 Å². The standard InChI is InChI=1S/C16H25N3O/c1-2-20-15-11-14(18-16(19-15)12-9-10-12)17-13-7-5-3-4-6-8-13/h11-13H,2-10H2,1H3,(H,17,18,19). The third-order valence-electron chi connectivity index (χ3n) is 4.16. The van der Waals surface area contributed by atoms with Gasteiger partial charge < -0.3 is 10.1 Å². The molecule has 0 aromatic carbocycles. The van der Waals surface area contributed by atoms with E-state index >= 15 is 0 Å². The largest absolute Gasteiger partial charge is 0.478 e. The Labute approximate surface area is 121 Å². The van der Waals surface area contributed by atoms with Gasteiger partial charge in [0, 0.05) is 18.0 Å². The van der Waals surface area contributed by atoms with Crippen LogP contribution in [0.5, 0.6) is 5.88 Å². The zero-order valence-electron chi connectivity index (χ0n) is 12.4. The van der Waals surface area contributed by atoms with Crippen LogP contribution in [-0.2, 0) is 0 Å². The van der Waals surface area contributed by atoms with Gasteiger partial charge >= 0.3 is 0 Å². The second-order valence-electron chi connectivity index (χ2n) is 5.99. The molecule has 20 heavy (non-hydrogen) atoms. The molecule has 0 radical (unpaired) electrons. The molecule has 1 heterocycles. The second-order valence-corrected chi connectivity index (χ2v) is 5.99. The predicted octanol–water partition coefficient (Wildman–Crippen LogP) is 3.89. The molecule has 4 heteroatoms. The molecule has 1 aromatic rings. The first-order chi connectivity index (χ1) is 9.85. The maximum atomic E-state index is 5.59.